The van der Waals surface area contributed by atoms with E-state index in [2.05, 4.69) is 32.3 Å². The number of thiazole rings is 1. The molecule has 0 radical (unpaired) electrons. The molecule has 2 aliphatic heterocycles. The fourth-order valence-corrected chi connectivity index (χ4v) is 4.76. The van der Waals surface area contributed by atoms with Crippen molar-refractivity contribution in [2.24, 2.45) is 0 Å². The van der Waals surface area contributed by atoms with Crippen molar-refractivity contribution in [1.29, 1.82) is 0 Å². The molecule has 1 N–H and O–H groups in total. The maximum atomic E-state index is 12.7. The van der Waals surface area contributed by atoms with E-state index < -0.39 is 17.1 Å². The standard InChI is InChI=1S/C18H17BrF3N3O2S/c19-12-3-1-2-11-4-5-17(27-14(11)12)6-8-25(9-7-17)16(26)24-15-23-10-13(28-15)18(20,21)22/h1-3,10H,4-9H2,(H,23,24,26). The van der Waals surface area contributed by atoms with Gasteiger partial charge in [-0.3, -0.25) is 5.32 Å². The minimum atomic E-state index is -4.46. The Hall–Kier alpha value is -1.81. The van der Waals surface area contributed by atoms with Gasteiger partial charge in [0, 0.05) is 25.9 Å². The fraction of sp³-hybridized carbons (Fsp3) is 0.444. The van der Waals surface area contributed by atoms with E-state index in [1.54, 1.807) is 4.90 Å². The average Bonchev–Trinajstić information content (AvgIpc) is 3.12. The van der Waals surface area contributed by atoms with E-state index in [9.17, 15) is 18.0 Å². The number of nitrogens with one attached hydrogen (secondary N) is 1. The Bertz CT molecular complexity index is 894. The van der Waals surface area contributed by atoms with Crippen LogP contribution in [0.3, 0.4) is 0 Å². The molecule has 0 bridgehead atoms. The number of alkyl halides is 3. The van der Waals surface area contributed by atoms with Crippen molar-refractivity contribution >= 4 is 38.4 Å². The molecule has 2 amide bonds. The van der Waals surface area contributed by atoms with E-state index in [1.807, 2.05) is 12.1 Å². The number of halogens is 4. The molecule has 10 heteroatoms. The van der Waals surface area contributed by atoms with Gasteiger partial charge < -0.3 is 9.64 Å². The van der Waals surface area contributed by atoms with Crippen LogP contribution in [0.1, 0.15) is 29.7 Å². The van der Waals surface area contributed by atoms with Gasteiger partial charge in [-0.25, -0.2) is 9.78 Å². The molecule has 28 heavy (non-hydrogen) atoms. The number of fused-ring (bicyclic) bond motifs is 1. The zero-order valence-corrected chi connectivity index (χ0v) is 17.1. The van der Waals surface area contributed by atoms with Gasteiger partial charge in [-0.1, -0.05) is 23.5 Å². The number of likely N-dealkylation sites (tertiary alicyclic amines) is 1. The maximum absolute atomic E-state index is 12.7. The number of aryl methyl sites for hydroxylation is 1. The number of piperidine rings is 1. The van der Waals surface area contributed by atoms with Crippen LogP contribution in [0, 0.1) is 0 Å². The van der Waals surface area contributed by atoms with Crippen LogP contribution in [0.25, 0.3) is 0 Å². The third-order valence-electron chi connectivity index (χ3n) is 5.18. The van der Waals surface area contributed by atoms with Gasteiger partial charge in [-0.05, 0) is 40.4 Å². The summed E-state index contributed by atoms with van der Waals surface area (Å²) in [5, 5.41) is 2.41. The van der Waals surface area contributed by atoms with Crippen LogP contribution in [-0.4, -0.2) is 34.6 Å². The lowest BCUT2D eigenvalue weighted by Gasteiger charge is -2.44. The zero-order valence-electron chi connectivity index (χ0n) is 14.7. The second kappa shape index (κ2) is 7.22. The highest BCUT2D eigenvalue weighted by molar-refractivity contribution is 9.10. The van der Waals surface area contributed by atoms with Crippen LogP contribution in [0.4, 0.5) is 23.1 Å². The third kappa shape index (κ3) is 3.84. The highest BCUT2D eigenvalue weighted by atomic mass is 79.9. The Balaban J connectivity index is 1.37. The molecule has 0 unspecified atom stereocenters. The number of carbonyl (C=O) groups excluding carboxylic acids is 1. The molecule has 5 nitrogen and oxygen atoms in total. The highest BCUT2D eigenvalue weighted by Gasteiger charge is 2.41. The zero-order chi connectivity index (χ0) is 19.9. The Kier molecular flexibility index (Phi) is 5.03. The number of anilines is 1. The molecular formula is C18H17BrF3N3O2S. The van der Waals surface area contributed by atoms with Gasteiger partial charge in [-0.15, -0.1) is 0 Å². The monoisotopic (exact) mass is 475 g/mol. The Morgan fingerprint density at radius 2 is 2.04 bits per heavy atom. The summed E-state index contributed by atoms with van der Waals surface area (Å²) in [5.41, 5.74) is 0.863. The van der Waals surface area contributed by atoms with Crippen molar-refractivity contribution in [2.45, 2.75) is 37.5 Å². The predicted octanol–water partition coefficient (Wildman–Crippen LogP) is 5.32. The largest absolute Gasteiger partial charge is 0.486 e. The third-order valence-corrected chi connectivity index (χ3v) is 6.76. The summed E-state index contributed by atoms with van der Waals surface area (Å²) in [7, 11) is 0. The van der Waals surface area contributed by atoms with Gasteiger partial charge in [0.25, 0.3) is 0 Å². The molecular weight excluding hydrogens is 459 g/mol. The number of carbonyl (C=O) groups is 1. The van der Waals surface area contributed by atoms with Gasteiger partial charge in [0.2, 0.25) is 0 Å². The molecule has 1 aromatic carbocycles. The molecule has 1 spiro atoms. The molecule has 3 heterocycles. The van der Waals surface area contributed by atoms with E-state index in [1.165, 1.54) is 5.56 Å². The molecule has 1 fully saturated rings. The summed E-state index contributed by atoms with van der Waals surface area (Å²) >= 11 is 3.96. The minimum absolute atomic E-state index is 0.0515. The Labute approximate surface area is 172 Å². The van der Waals surface area contributed by atoms with Crippen LogP contribution in [0.5, 0.6) is 5.75 Å². The second-order valence-corrected chi connectivity index (χ2v) is 8.84. The number of amides is 2. The molecule has 4 rings (SSSR count). The van der Waals surface area contributed by atoms with E-state index in [0.717, 1.165) is 29.3 Å². The van der Waals surface area contributed by atoms with Crippen molar-refractivity contribution in [3.05, 3.63) is 39.3 Å². The molecule has 2 aromatic rings. The van der Waals surface area contributed by atoms with Gasteiger partial charge in [0.1, 0.15) is 16.2 Å². The van der Waals surface area contributed by atoms with E-state index in [4.69, 9.17) is 4.74 Å². The smallest absolute Gasteiger partial charge is 0.427 e. The lowest BCUT2D eigenvalue weighted by molar-refractivity contribution is -0.134. The molecule has 0 aliphatic carbocycles. The lowest BCUT2D eigenvalue weighted by Crippen LogP contribution is -2.52. The summed E-state index contributed by atoms with van der Waals surface area (Å²) < 4.78 is 45.2. The average molecular weight is 476 g/mol. The number of ether oxygens (including phenoxy) is 1. The summed E-state index contributed by atoms with van der Waals surface area (Å²) in [6.07, 6.45) is -0.578. The van der Waals surface area contributed by atoms with Crippen LogP contribution < -0.4 is 10.1 Å². The Morgan fingerprint density at radius 1 is 1.29 bits per heavy atom. The van der Waals surface area contributed by atoms with Gasteiger partial charge >= 0.3 is 12.2 Å². The van der Waals surface area contributed by atoms with Crippen LogP contribution in [0.2, 0.25) is 0 Å². The lowest BCUT2D eigenvalue weighted by atomic mass is 9.83. The first-order chi connectivity index (χ1) is 13.3. The predicted molar refractivity (Wildman–Crippen MR) is 103 cm³/mol. The number of rotatable bonds is 1. The van der Waals surface area contributed by atoms with E-state index in [-0.39, 0.29) is 10.7 Å². The van der Waals surface area contributed by atoms with Gasteiger partial charge in [0.05, 0.1) is 10.7 Å². The number of hydrogen-bond acceptors (Lipinski definition) is 4. The van der Waals surface area contributed by atoms with Crippen molar-refractivity contribution in [2.75, 3.05) is 18.4 Å². The maximum Gasteiger partial charge on any atom is 0.427 e. The number of benzene rings is 1. The van der Waals surface area contributed by atoms with Crippen molar-refractivity contribution in [1.82, 2.24) is 9.88 Å². The number of urea groups is 1. The molecule has 1 saturated heterocycles. The van der Waals surface area contributed by atoms with Crippen LogP contribution in [-0.2, 0) is 12.6 Å². The first-order valence-corrected chi connectivity index (χ1v) is 10.4. The summed E-state index contributed by atoms with van der Waals surface area (Å²) in [6, 6.07) is 5.55. The summed E-state index contributed by atoms with van der Waals surface area (Å²) in [5.74, 6) is 0.870. The first kappa shape index (κ1) is 19.5. The summed E-state index contributed by atoms with van der Waals surface area (Å²) in [4.78, 5) is 16.8. The van der Waals surface area contributed by atoms with Crippen molar-refractivity contribution < 1.29 is 22.7 Å². The molecule has 150 valence electrons. The molecule has 1 aromatic heterocycles. The van der Waals surface area contributed by atoms with Crippen LogP contribution in [0.15, 0.2) is 28.9 Å². The molecule has 0 saturated carbocycles. The minimum Gasteiger partial charge on any atom is -0.486 e. The van der Waals surface area contributed by atoms with Crippen LogP contribution >= 0.6 is 27.3 Å². The number of hydrogen-bond donors (Lipinski definition) is 1. The molecule has 2 aliphatic rings. The van der Waals surface area contributed by atoms with Crippen molar-refractivity contribution in [3.63, 3.8) is 0 Å². The number of nitrogens with zero attached hydrogens (tertiary/aromatic N) is 2. The van der Waals surface area contributed by atoms with Gasteiger partial charge in [0.15, 0.2) is 5.13 Å². The second-order valence-electron chi connectivity index (χ2n) is 6.96. The number of aromatic nitrogens is 1. The fourth-order valence-electron chi connectivity index (χ4n) is 3.60. The quantitative estimate of drug-likeness (QED) is 0.607. The number of para-hydroxylation sites is 1. The van der Waals surface area contributed by atoms with Gasteiger partial charge in [-0.2, -0.15) is 13.2 Å². The molecule has 0 atom stereocenters. The first-order valence-electron chi connectivity index (χ1n) is 8.81. The van der Waals surface area contributed by atoms with E-state index in [0.29, 0.717) is 37.3 Å². The highest BCUT2D eigenvalue weighted by Crippen LogP contribution is 2.43. The normalized spacial score (nSPS) is 18.5. The SMILES string of the molecule is O=C(Nc1ncc(C(F)(F)F)s1)N1CCC2(CCc3cccc(Br)c3O2)CC1. The Morgan fingerprint density at radius 3 is 2.71 bits per heavy atom. The van der Waals surface area contributed by atoms with E-state index >= 15 is 0 Å². The topological polar surface area (TPSA) is 54.5 Å². The summed E-state index contributed by atoms with van der Waals surface area (Å²) in [6.45, 7) is 0.951. The van der Waals surface area contributed by atoms with Crippen molar-refractivity contribution in [3.8, 4) is 5.75 Å².